The van der Waals surface area contributed by atoms with Crippen LogP contribution in [-0.2, 0) is 0 Å². The second-order valence-electron chi connectivity index (χ2n) is 2.42. The van der Waals surface area contributed by atoms with Crippen molar-refractivity contribution < 1.29 is 0 Å². The zero-order valence-electron chi connectivity index (χ0n) is 6.32. The summed E-state index contributed by atoms with van der Waals surface area (Å²) in [5.74, 6) is 0. The number of fused-ring (bicyclic) bond motifs is 1. The predicted octanol–water partition coefficient (Wildman–Crippen LogP) is 0.0362. The van der Waals surface area contributed by atoms with Gasteiger partial charge in [0.1, 0.15) is 5.65 Å². The molecule has 0 unspecified atom stereocenters. The van der Waals surface area contributed by atoms with E-state index in [0.717, 1.165) is 0 Å². The zero-order chi connectivity index (χ0) is 9.42. The summed E-state index contributed by atoms with van der Waals surface area (Å²) in [4.78, 5) is 27.5. The summed E-state index contributed by atoms with van der Waals surface area (Å²) in [7, 11) is 0. The summed E-state index contributed by atoms with van der Waals surface area (Å²) in [6.07, 6.45) is 1.39. The number of rotatable bonds is 0. The number of H-pyrrole nitrogens is 1. The van der Waals surface area contributed by atoms with Crippen LogP contribution in [0.2, 0.25) is 5.02 Å². The lowest BCUT2D eigenvalue weighted by molar-refractivity contribution is 0.904. The number of aromatic amines is 1. The van der Waals surface area contributed by atoms with E-state index in [1.165, 1.54) is 16.7 Å². The van der Waals surface area contributed by atoms with Crippen LogP contribution < -0.4 is 11.4 Å². The molecule has 2 aromatic rings. The van der Waals surface area contributed by atoms with E-state index in [2.05, 4.69) is 4.98 Å². The van der Waals surface area contributed by atoms with Crippen molar-refractivity contribution in [2.24, 2.45) is 0 Å². The van der Waals surface area contributed by atoms with E-state index in [9.17, 15) is 9.59 Å². The maximum absolute atomic E-state index is 11.2. The van der Waals surface area contributed by atoms with Gasteiger partial charge in [-0.1, -0.05) is 11.6 Å². The Bertz CT molecular complexity index is 572. The second kappa shape index (κ2) is 2.70. The van der Waals surface area contributed by atoms with Gasteiger partial charge in [-0.2, -0.15) is 4.98 Å². The van der Waals surface area contributed by atoms with Gasteiger partial charge in [-0.15, -0.1) is 0 Å². The van der Waals surface area contributed by atoms with Crippen LogP contribution >= 0.6 is 11.6 Å². The summed E-state index contributed by atoms with van der Waals surface area (Å²) in [5, 5.41) is 0.406. The van der Waals surface area contributed by atoms with Gasteiger partial charge in [0.05, 0.1) is 5.02 Å². The SMILES string of the molecule is O=c1nc2ccc(Cl)cn2c(=O)[nH]1. The third kappa shape index (κ3) is 1.33. The lowest BCUT2D eigenvalue weighted by Gasteiger charge is -1.97. The smallest absolute Gasteiger partial charge is 0.257 e. The molecule has 0 saturated heterocycles. The van der Waals surface area contributed by atoms with Crippen molar-refractivity contribution in [3.63, 3.8) is 0 Å². The van der Waals surface area contributed by atoms with E-state index < -0.39 is 11.4 Å². The van der Waals surface area contributed by atoms with Crippen LogP contribution in [0.4, 0.5) is 0 Å². The first-order chi connectivity index (χ1) is 6.16. The number of aromatic nitrogens is 3. The lowest BCUT2D eigenvalue weighted by Crippen LogP contribution is -2.28. The minimum atomic E-state index is -0.660. The summed E-state index contributed by atoms with van der Waals surface area (Å²) in [6, 6.07) is 3.06. The maximum Gasteiger partial charge on any atom is 0.351 e. The van der Waals surface area contributed by atoms with Gasteiger partial charge in [0, 0.05) is 6.20 Å². The maximum atomic E-state index is 11.2. The van der Waals surface area contributed by atoms with Gasteiger partial charge >= 0.3 is 11.4 Å². The van der Waals surface area contributed by atoms with Gasteiger partial charge in [0.2, 0.25) is 0 Å². The molecule has 0 radical (unpaired) electrons. The van der Waals surface area contributed by atoms with Crippen molar-refractivity contribution in [3.8, 4) is 0 Å². The molecular formula is C7H4ClN3O2. The van der Waals surface area contributed by atoms with Gasteiger partial charge in [0.25, 0.3) is 0 Å². The van der Waals surface area contributed by atoms with Crippen LogP contribution in [0.1, 0.15) is 0 Å². The Morgan fingerprint density at radius 1 is 1.38 bits per heavy atom. The fraction of sp³-hybridized carbons (Fsp3) is 0. The molecule has 0 saturated carbocycles. The average Bonchev–Trinajstić information content (AvgIpc) is 2.06. The normalized spacial score (nSPS) is 10.5. The minimum absolute atomic E-state index is 0.276. The Morgan fingerprint density at radius 3 is 2.92 bits per heavy atom. The quantitative estimate of drug-likeness (QED) is 0.648. The molecule has 0 spiro atoms. The summed E-state index contributed by atoms with van der Waals surface area (Å²) >= 11 is 5.65. The van der Waals surface area contributed by atoms with Crippen LogP contribution in [0.5, 0.6) is 0 Å². The third-order valence-corrected chi connectivity index (χ3v) is 1.76. The first-order valence-corrected chi connectivity index (χ1v) is 3.83. The Balaban J connectivity index is 3.04. The standard InChI is InChI=1S/C7H4ClN3O2/c8-4-1-2-5-9-6(12)10-7(13)11(5)3-4/h1-3H,(H,10,12,13). The van der Waals surface area contributed by atoms with Crippen LogP contribution in [0.25, 0.3) is 5.65 Å². The molecule has 66 valence electrons. The molecule has 0 aromatic carbocycles. The molecule has 2 rings (SSSR count). The largest absolute Gasteiger partial charge is 0.351 e. The first kappa shape index (κ1) is 8.00. The number of nitrogens with zero attached hydrogens (tertiary/aromatic N) is 2. The first-order valence-electron chi connectivity index (χ1n) is 3.45. The molecule has 0 amide bonds. The van der Waals surface area contributed by atoms with Crippen molar-refractivity contribution in [2.75, 3.05) is 0 Å². The molecule has 0 fully saturated rings. The van der Waals surface area contributed by atoms with E-state index in [-0.39, 0.29) is 5.65 Å². The molecule has 6 heteroatoms. The molecule has 2 heterocycles. The van der Waals surface area contributed by atoms with Crippen molar-refractivity contribution in [1.29, 1.82) is 0 Å². The van der Waals surface area contributed by atoms with Crippen molar-refractivity contribution in [3.05, 3.63) is 44.3 Å². The van der Waals surface area contributed by atoms with Crippen molar-refractivity contribution in [2.45, 2.75) is 0 Å². The van der Waals surface area contributed by atoms with Gasteiger partial charge in [-0.3, -0.25) is 9.38 Å². The molecular weight excluding hydrogens is 194 g/mol. The fourth-order valence-electron chi connectivity index (χ4n) is 1.00. The summed E-state index contributed by atoms with van der Waals surface area (Å²) < 4.78 is 1.17. The average molecular weight is 198 g/mol. The van der Waals surface area contributed by atoms with E-state index >= 15 is 0 Å². The van der Waals surface area contributed by atoms with Gasteiger partial charge in [-0.05, 0) is 12.1 Å². The number of pyridine rings is 1. The highest BCUT2D eigenvalue weighted by Crippen LogP contribution is 2.05. The number of halogens is 1. The highest BCUT2D eigenvalue weighted by molar-refractivity contribution is 6.30. The van der Waals surface area contributed by atoms with Gasteiger partial charge in [0.15, 0.2) is 0 Å². The Hall–Kier alpha value is -1.62. The van der Waals surface area contributed by atoms with Crippen LogP contribution in [0, 0.1) is 0 Å². The van der Waals surface area contributed by atoms with Gasteiger partial charge in [-0.25, -0.2) is 9.59 Å². The highest BCUT2D eigenvalue weighted by atomic mass is 35.5. The van der Waals surface area contributed by atoms with Crippen molar-refractivity contribution >= 4 is 17.2 Å². The Labute approximate surface area is 76.6 Å². The Kier molecular flexibility index (Phi) is 1.66. The van der Waals surface area contributed by atoms with Crippen LogP contribution in [0.3, 0.4) is 0 Å². The zero-order valence-corrected chi connectivity index (χ0v) is 7.08. The molecule has 0 aliphatic rings. The molecule has 5 nitrogen and oxygen atoms in total. The van der Waals surface area contributed by atoms with E-state index in [4.69, 9.17) is 11.6 Å². The topological polar surface area (TPSA) is 67.2 Å². The summed E-state index contributed by atoms with van der Waals surface area (Å²) in [5.41, 5.74) is -0.928. The molecule has 0 bridgehead atoms. The van der Waals surface area contributed by atoms with Crippen LogP contribution in [-0.4, -0.2) is 14.4 Å². The Morgan fingerprint density at radius 2 is 2.15 bits per heavy atom. The fourth-order valence-corrected chi connectivity index (χ4v) is 1.17. The minimum Gasteiger partial charge on any atom is -0.257 e. The molecule has 2 aromatic heterocycles. The molecule has 1 N–H and O–H groups in total. The van der Waals surface area contributed by atoms with Crippen LogP contribution in [0.15, 0.2) is 27.9 Å². The molecule has 0 atom stereocenters. The summed E-state index contributed by atoms with van der Waals surface area (Å²) in [6.45, 7) is 0. The number of hydrogen-bond donors (Lipinski definition) is 1. The predicted molar refractivity (Wildman–Crippen MR) is 47.1 cm³/mol. The molecule has 0 aliphatic carbocycles. The highest BCUT2D eigenvalue weighted by Gasteiger charge is 1.98. The number of hydrogen-bond acceptors (Lipinski definition) is 3. The van der Waals surface area contributed by atoms with E-state index in [1.54, 1.807) is 6.07 Å². The van der Waals surface area contributed by atoms with E-state index in [1.807, 2.05) is 4.98 Å². The van der Waals surface area contributed by atoms with Crippen molar-refractivity contribution in [1.82, 2.24) is 14.4 Å². The van der Waals surface area contributed by atoms with Gasteiger partial charge < -0.3 is 0 Å². The monoisotopic (exact) mass is 197 g/mol. The number of nitrogens with one attached hydrogen (secondary N) is 1. The lowest BCUT2D eigenvalue weighted by atomic mass is 10.5. The molecule has 13 heavy (non-hydrogen) atoms. The van der Waals surface area contributed by atoms with E-state index in [0.29, 0.717) is 5.02 Å². The third-order valence-electron chi connectivity index (χ3n) is 1.54. The molecule has 0 aliphatic heterocycles. The second-order valence-corrected chi connectivity index (χ2v) is 2.86.